The summed E-state index contributed by atoms with van der Waals surface area (Å²) in [4.78, 5) is 4.84. The Morgan fingerprint density at radius 1 is 1.42 bits per heavy atom. The van der Waals surface area contributed by atoms with Gasteiger partial charge in [-0.05, 0) is 44.5 Å². The minimum atomic E-state index is 0.139. The van der Waals surface area contributed by atoms with Crippen molar-refractivity contribution < 1.29 is 0 Å². The molecule has 2 rings (SSSR count). The van der Waals surface area contributed by atoms with Crippen LogP contribution in [0.25, 0.3) is 0 Å². The van der Waals surface area contributed by atoms with Crippen molar-refractivity contribution in [3.8, 4) is 0 Å². The molecule has 1 heterocycles. The van der Waals surface area contributed by atoms with E-state index in [1.807, 2.05) is 0 Å². The van der Waals surface area contributed by atoms with Crippen LogP contribution < -0.4 is 10.6 Å². The summed E-state index contributed by atoms with van der Waals surface area (Å²) in [6.07, 6.45) is 3.61. The van der Waals surface area contributed by atoms with E-state index in [-0.39, 0.29) is 6.04 Å². The molecule has 1 fully saturated rings. The van der Waals surface area contributed by atoms with E-state index in [0.717, 1.165) is 13.0 Å². The normalized spacial score (nSPS) is 21.6. The van der Waals surface area contributed by atoms with Gasteiger partial charge in [0.1, 0.15) is 0 Å². The number of para-hydroxylation sites is 1. The van der Waals surface area contributed by atoms with Gasteiger partial charge in [0.05, 0.1) is 0 Å². The van der Waals surface area contributed by atoms with E-state index in [2.05, 4.69) is 55.1 Å². The van der Waals surface area contributed by atoms with Gasteiger partial charge in [-0.15, -0.1) is 0 Å². The molecule has 3 nitrogen and oxygen atoms in total. The zero-order chi connectivity index (χ0) is 13.8. The van der Waals surface area contributed by atoms with Gasteiger partial charge < -0.3 is 15.5 Å². The molecule has 0 aromatic heterocycles. The van der Waals surface area contributed by atoms with Crippen LogP contribution in [-0.2, 0) is 0 Å². The van der Waals surface area contributed by atoms with E-state index < -0.39 is 0 Å². The van der Waals surface area contributed by atoms with Crippen LogP contribution in [0.15, 0.2) is 24.3 Å². The molecule has 1 aliphatic heterocycles. The monoisotopic (exact) mass is 261 g/mol. The summed E-state index contributed by atoms with van der Waals surface area (Å²) in [5.74, 6) is 0. The third kappa shape index (κ3) is 3.28. The maximum Gasteiger partial charge on any atom is 0.0412 e. The number of nitrogens with zero attached hydrogens (tertiary/aromatic N) is 2. The van der Waals surface area contributed by atoms with Crippen molar-refractivity contribution in [1.29, 1.82) is 0 Å². The molecule has 1 aliphatic rings. The third-order valence-corrected chi connectivity index (χ3v) is 4.34. The topological polar surface area (TPSA) is 32.5 Å². The Hall–Kier alpha value is -1.06. The Bertz CT molecular complexity index is 405. The predicted octanol–water partition coefficient (Wildman–Crippen LogP) is 2.63. The standard InChI is InChI=1S/C16H27N3/c1-4-15(17)14-9-5-6-10-16(14)19(3)12-13-8-7-11-18(13)2/h5-6,9-10,13,15H,4,7-8,11-12,17H2,1-3H3. The Labute approximate surface area is 117 Å². The van der Waals surface area contributed by atoms with Crippen LogP contribution in [0, 0.1) is 0 Å². The first kappa shape index (κ1) is 14.4. The quantitative estimate of drug-likeness (QED) is 0.884. The van der Waals surface area contributed by atoms with Gasteiger partial charge in [0, 0.05) is 31.4 Å². The van der Waals surface area contributed by atoms with Crippen molar-refractivity contribution in [2.75, 3.05) is 32.1 Å². The number of benzene rings is 1. The second-order valence-electron chi connectivity index (χ2n) is 5.73. The van der Waals surface area contributed by atoms with E-state index in [0.29, 0.717) is 6.04 Å². The van der Waals surface area contributed by atoms with Crippen LogP contribution in [-0.4, -0.2) is 38.1 Å². The summed E-state index contributed by atoms with van der Waals surface area (Å²) >= 11 is 0. The number of hydrogen-bond donors (Lipinski definition) is 1. The molecule has 1 saturated heterocycles. The van der Waals surface area contributed by atoms with Gasteiger partial charge in [0.2, 0.25) is 0 Å². The molecule has 0 saturated carbocycles. The highest BCUT2D eigenvalue weighted by atomic mass is 15.2. The van der Waals surface area contributed by atoms with Gasteiger partial charge in [-0.25, -0.2) is 0 Å². The third-order valence-electron chi connectivity index (χ3n) is 4.34. The lowest BCUT2D eigenvalue weighted by Gasteiger charge is -2.29. The van der Waals surface area contributed by atoms with Crippen LogP contribution in [0.4, 0.5) is 5.69 Å². The highest BCUT2D eigenvalue weighted by Crippen LogP contribution is 2.27. The molecule has 0 bridgehead atoms. The lowest BCUT2D eigenvalue weighted by Crippen LogP contribution is -2.37. The zero-order valence-electron chi connectivity index (χ0n) is 12.5. The van der Waals surface area contributed by atoms with Crippen molar-refractivity contribution in [2.45, 2.75) is 38.3 Å². The summed E-state index contributed by atoms with van der Waals surface area (Å²) in [6.45, 7) is 4.46. The van der Waals surface area contributed by atoms with Gasteiger partial charge in [0.15, 0.2) is 0 Å². The molecular formula is C16H27N3. The van der Waals surface area contributed by atoms with Gasteiger partial charge in [0.25, 0.3) is 0 Å². The van der Waals surface area contributed by atoms with E-state index in [4.69, 9.17) is 5.73 Å². The van der Waals surface area contributed by atoms with Crippen molar-refractivity contribution in [1.82, 2.24) is 4.90 Å². The Kier molecular flexibility index (Phi) is 4.83. The first-order valence-corrected chi connectivity index (χ1v) is 7.39. The molecular weight excluding hydrogens is 234 g/mol. The summed E-state index contributed by atoms with van der Waals surface area (Å²) < 4.78 is 0. The molecule has 2 unspecified atom stereocenters. The molecule has 2 atom stereocenters. The largest absolute Gasteiger partial charge is 0.373 e. The average Bonchev–Trinajstić information content (AvgIpc) is 2.83. The van der Waals surface area contributed by atoms with Crippen LogP contribution >= 0.6 is 0 Å². The molecule has 0 spiro atoms. The number of rotatable bonds is 5. The SMILES string of the molecule is CCC(N)c1ccccc1N(C)CC1CCCN1C. The molecule has 2 N–H and O–H groups in total. The Morgan fingerprint density at radius 2 is 2.16 bits per heavy atom. The summed E-state index contributed by atoms with van der Waals surface area (Å²) in [7, 11) is 4.42. The smallest absolute Gasteiger partial charge is 0.0412 e. The van der Waals surface area contributed by atoms with Crippen molar-refractivity contribution >= 4 is 5.69 Å². The number of nitrogens with two attached hydrogens (primary N) is 1. The van der Waals surface area contributed by atoms with Gasteiger partial charge in [-0.2, -0.15) is 0 Å². The van der Waals surface area contributed by atoms with E-state index in [9.17, 15) is 0 Å². The fraction of sp³-hybridized carbons (Fsp3) is 0.625. The second kappa shape index (κ2) is 6.40. The summed E-state index contributed by atoms with van der Waals surface area (Å²) in [5.41, 5.74) is 8.79. The molecule has 106 valence electrons. The van der Waals surface area contributed by atoms with Gasteiger partial charge in [-0.3, -0.25) is 0 Å². The van der Waals surface area contributed by atoms with Crippen molar-refractivity contribution in [3.63, 3.8) is 0 Å². The number of likely N-dealkylation sites (tertiary alicyclic amines) is 1. The van der Waals surface area contributed by atoms with Crippen molar-refractivity contribution in [2.24, 2.45) is 5.73 Å². The molecule has 1 aromatic carbocycles. The molecule has 3 heteroatoms. The summed E-state index contributed by atoms with van der Waals surface area (Å²) in [6, 6.07) is 9.37. The van der Waals surface area contributed by atoms with Gasteiger partial charge in [-0.1, -0.05) is 25.1 Å². The predicted molar refractivity (Wildman–Crippen MR) is 82.6 cm³/mol. The minimum Gasteiger partial charge on any atom is -0.373 e. The van der Waals surface area contributed by atoms with E-state index >= 15 is 0 Å². The van der Waals surface area contributed by atoms with Crippen LogP contribution in [0.2, 0.25) is 0 Å². The maximum atomic E-state index is 6.23. The summed E-state index contributed by atoms with van der Waals surface area (Å²) in [5, 5.41) is 0. The minimum absolute atomic E-state index is 0.139. The number of likely N-dealkylation sites (N-methyl/N-ethyl adjacent to an activating group) is 2. The first-order chi connectivity index (χ1) is 9.13. The molecule has 19 heavy (non-hydrogen) atoms. The van der Waals surface area contributed by atoms with Crippen LogP contribution in [0.3, 0.4) is 0 Å². The van der Waals surface area contributed by atoms with Crippen LogP contribution in [0.1, 0.15) is 37.8 Å². The molecule has 0 aliphatic carbocycles. The first-order valence-electron chi connectivity index (χ1n) is 7.39. The average molecular weight is 261 g/mol. The molecule has 0 radical (unpaired) electrons. The lowest BCUT2D eigenvalue weighted by atomic mass is 10.0. The Balaban J connectivity index is 2.12. The molecule has 0 amide bonds. The fourth-order valence-corrected chi connectivity index (χ4v) is 2.99. The zero-order valence-corrected chi connectivity index (χ0v) is 12.5. The van der Waals surface area contributed by atoms with E-state index in [1.54, 1.807) is 0 Å². The van der Waals surface area contributed by atoms with Crippen LogP contribution in [0.5, 0.6) is 0 Å². The number of hydrogen-bond acceptors (Lipinski definition) is 3. The van der Waals surface area contributed by atoms with Crippen molar-refractivity contribution in [3.05, 3.63) is 29.8 Å². The highest BCUT2D eigenvalue weighted by molar-refractivity contribution is 5.54. The molecule has 1 aromatic rings. The Morgan fingerprint density at radius 3 is 2.79 bits per heavy atom. The highest BCUT2D eigenvalue weighted by Gasteiger charge is 2.23. The lowest BCUT2D eigenvalue weighted by molar-refractivity contribution is 0.314. The number of anilines is 1. The van der Waals surface area contributed by atoms with E-state index in [1.165, 1.54) is 30.6 Å². The second-order valence-corrected chi connectivity index (χ2v) is 5.73. The fourth-order valence-electron chi connectivity index (χ4n) is 2.99. The van der Waals surface area contributed by atoms with Gasteiger partial charge >= 0.3 is 0 Å². The maximum absolute atomic E-state index is 6.23.